The smallest absolute Gasteiger partial charge is 0.342 e. The van der Waals surface area contributed by atoms with Crippen molar-refractivity contribution in [3.05, 3.63) is 29.6 Å². The lowest BCUT2D eigenvalue weighted by Crippen LogP contribution is -2.44. The second-order valence-electron chi connectivity index (χ2n) is 4.79. The molecule has 1 atom stereocenters. The molecule has 0 saturated heterocycles. The summed E-state index contributed by atoms with van der Waals surface area (Å²) in [5.74, 6) is -4.18. The fraction of sp³-hybridized carbons (Fsp3) is 0.385. The predicted molar refractivity (Wildman–Crippen MR) is 74.3 cm³/mol. The van der Waals surface area contributed by atoms with Crippen molar-refractivity contribution in [1.82, 2.24) is 4.72 Å². The van der Waals surface area contributed by atoms with Crippen molar-refractivity contribution in [3.8, 4) is 0 Å². The summed E-state index contributed by atoms with van der Waals surface area (Å²) in [6.07, 6.45) is 0. The standard InChI is InChI=1S/C13H16FNO6S/c1-7(2)11(12(16)17)15-22(19,20)9-6-4-5-8(14)10(9)13(18)21-3/h4-7,11,15H,1-3H3,(H,16,17). The number of nitrogens with one attached hydrogen (secondary N) is 1. The van der Waals surface area contributed by atoms with E-state index in [1.165, 1.54) is 13.8 Å². The normalized spacial score (nSPS) is 13.0. The molecule has 2 N–H and O–H groups in total. The molecule has 0 heterocycles. The number of carbonyl (C=O) groups excluding carboxylic acids is 1. The Labute approximate surface area is 127 Å². The molecule has 7 nitrogen and oxygen atoms in total. The predicted octanol–water partition coefficient (Wildman–Crippen LogP) is 1.000. The number of rotatable bonds is 6. The van der Waals surface area contributed by atoms with Gasteiger partial charge in [-0.2, -0.15) is 4.72 Å². The Morgan fingerprint density at radius 2 is 1.91 bits per heavy atom. The first kappa shape index (κ1) is 18.1. The maximum absolute atomic E-state index is 13.8. The molecule has 122 valence electrons. The van der Waals surface area contributed by atoms with E-state index in [1.807, 2.05) is 4.72 Å². The van der Waals surface area contributed by atoms with E-state index >= 15 is 0 Å². The van der Waals surface area contributed by atoms with E-state index in [0.717, 1.165) is 25.3 Å². The van der Waals surface area contributed by atoms with Gasteiger partial charge in [0.2, 0.25) is 10.0 Å². The number of hydrogen-bond donors (Lipinski definition) is 2. The van der Waals surface area contributed by atoms with E-state index in [9.17, 15) is 22.4 Å². The molecule has 0 aliphatic rings. The van der Waals surface area contributed by atoms with Crippen LogP contribution in [0.3, 0.4) is 0 Å². The minimum Gasteiger partial charge on any atom is -0.480 e. The summed E-state index contributed by atoms with van der Waals surface area (Å²) in [5.41, 5.74) is -0.773. The molecule has 0 amide bonds. The first-order valence-electron chi connectivity index (χ1n) is 6.23. The van der Waals surface area contributed by atoms with E-state index in [4.69, 9.17) is 5.11 Å². The highest BCUT2D eigenvalue weighted by atomic mass is 32.2. The highest BCUT2D eigenvalue weighted by Crippen LogP contribution is 2.21. The van der Waals surface area contributed by atoms with E-state index in [2.05, 4.69) is 4.74 Å². The van der Waals surface area contributed by atoms with Crippen LogP contribution in [0.2, 0.25) is 0 Å². The lowest BCUT2D eigenvalue weighted by Gasteiger charge is -2.19. The average molecular weight is 333 g/mol. The SMILES string of the molecule is COC(=O)c1c(F)cccc1S(=O)(=O)NC(C(=O)O)C(C)C. The fourth-order valence-electron chi connectivity index (χ4n) is 1.73. The third-order valence-corrected chi connectivity index (χ3v) is 4.35. The van der Waals surface area contributed by atoms with Crippen molar-refractivity contribution in [2.45, 2.75) is 24.8 Å². The number of halogens is 1. The zero-order valence-corrected chi connectivity index (χ0v) is 13.0. The molecule has 1 aromatic rings. The third kappa shape index (κ3) is 3.80. The number of esters is 1. The van der Waals surface area contributed by atoms with Crippen LogP contribution < -0.4 is 4.72 Å². The lowest BCUT2D eigenvalue weighted by molar-refractivity contribution is -0.140. The molecule has 0 aromatic heterocycles. The monoisotopic (exact) mass is 333 g/mol. The summed E-state index contributed by atoms with van der Waals surface area (Å²) in [7, 11) is -3.45. The van der Waals surface area contributed by atoms with Crippen LogP contribution in [0.1, 0.15) is 24.2 Å². The average Bonchev–Trinajstić information content (AvgIpc) is 2.43. The number of carbonyl (C=O) groups is 2. The number of carboxylic acid groups (broad SMARTS) is 1. The Bertz CT molecular complexity index is 686. The first-order chi connectivity index (χ1) is 10.1. The molecule has 0 radical (unpaired) electrons. The molecule has 0 bridgehead atoms. The highest BCUT2D eigenvalue weighted by Gasteiger charge is 2.32. The van der Waals surface area contributed by atoms with Crippen LogP contribution >= 0.6 is 0 Å². The molecule has 22 heavy (non-hydrogen) atoms. The number of ether oxygens (including phenoxy) is 1. The zero-order valence-electron chi connectivity index (χ0n) is 12.2. The van der Waals surface area contributed by atoms with E-state index < -0.39 is 50.2 Å². The van der Waals surface area contributed by atoms with Gasteiger partial charge >= 0.3 is 11.9 Å². The van der Waals surface area contributed by atoms with Crippen LogP contribution in [0.5, 0.6) is 0 Å². The van der Waals surface area contributed by atoms with Crippen LogP contribution in [0.15, 0.2) is 23.1 Å². The van der Waals surface area contributed by atoms with Crippen LogP contribution in [0, 0.1) is 11.7 Å². The van der Waals surface area contributed by atoms with E-state index in [0.29, 0.717) is 0 Å². The number of carboxylic acids is 1. The Hall–Kier alpha value is -2.00. The van der Waals surface area contributed by atoms with Crippen LogP contribution in [-0.2, 0) is 19.6 Å². The van der Waals surface area contributed by atoms with Gasteiger partial charge in [0.1, 0.15) is 17.4 Å². The molecule has 0 aliphatic heterocycles. The number of methoxy groups -OCH3 is 1. The summed E-state index contributed by atoms with van der Waals surface area (Å²) < 4.78 is 44.7. The van der Waals surface area contributed by atoms with E-state index in [1.54, 1.807) is 0 Å². The Morgan fingerprint density at radius 1 is 1.32 bits per heavy atom. The van der Waals surface area contributed by atoms with Crippen molar-refractivity contribution in [2.75, 3.05) is 7.11 Å². The van der Waals surface area contributed by atoms with Gasteiger partial charge in [0.25, 0.3) is 0 Å². The lowest BCUT2D eigenvalue weighted by atomic mass is 10.1. The first-order valence-corrected chi connectivity index (χ1v) is 7.72. The molecular formula is C13H16FNO6S. The summed E-state index contributed by atoms with van der Waals surface area (Å²) in [6.45, 7) is 3.02. The Morgan fingerprint density at radius 3 is 2.36 bits per heavy atom. The Kier molecular flexibility index (Phi) is 5.61. The maximum Gasteiger partial charge on any atom is 0.342 e. The van der Waals surface area contributed by atoms with Crippen molar-refractivity contribution < 1.29 is 32.2 Å². The summed E-state index contributed by atoms with van der Waals surface area (Å²) in [5, 5.41) is 9.04. The van der Waals surface area contributed by atoms with Crippen LogP contribution in [-0.4, -0.2) is 38.6 Å². The van der Waals surface area contributed by atoms with Gasteiger partial charge < -0.3 is 9.84 Å². The molecule has 1 unspecified atom stereocenters. The molecular weight excluding hydrogens is 317 g/mol. The number of sulfonamides is 1. The summed E-state index contributed by atoms with van der Waals surface area (Å²) >= 11 is 0. The molecule has 0 aliphatic carbocycles. The second-order valence-corrected chi connectivity index (χ2v) is 6.47. The molecule has 1 aromatic carbocycles. The largest absolute Gasteiger partial charge is 0.480 e. The van der Waals surface area contributed by atoms with Crippen molar-refractivity contribution >= 4 is 22.0 Å². The molecule has 9 heteroatoms. The topological polar surface area (TPSA) is 110 Å². The second kappa shape index (κ2) is 6.84. The van der Waals surface area contributed by atoms with Gasteiger partial charge in [0.05, 0.1) is 12.0 Å². The molecule has 0 fully saturated rings. The van der Waals surface area contributed by atoms with Crippen molar-refractivity contribution in [2.24, 2.45) is 5.92 Å². The van der Waals surface area contributed by atoms with E-state index in [-0.39, 0.29) is 0 Å². The molecule has 1 rings (SSSR count). The summed E-state index contributed by atoms with van der Waals surface area (Å²) in [4.78, 5) is 22.0. The molecule has 0 saturated carbocycles. The highest BCUT2D eigenvalue weighted by molar-refractivity contribution is 7.89. The minimum absolute atomic E-state index is 0.553. The fourth-order valence-corrected chi connectivity index (χ4v) is 3.27. The van der Waals surface area contributed by atoms with Gasteiger partial charge in [-0.1, -0.05) is 19.9 Å². The van der Waals surface area contributed by atoms with Crippen LogP contribution in [0.4, 0.5) is 4.39 Å². The van der Waals surface area contributed by atoms with Gasteiger partial charge in [-0.15, -0.1) is 0 Å². The van der Waals surface area contributed by atoms with Crippen LogP contribution in [0.25, 0.3) is 0 Å². The van der Waals surface area contributed by atoms with Gasteiger partial charge in [-0.25, -0.2) is 17.6 Å². The van der Waals surface area contributed by atoms with Gasteiger partial charge in [0, 0.05) is 0 Å². The van der Waals surface area contributed by atoms with Crippen molar-refractivity contribution in [1.29, 1.82) is 0 Å². The number of benzene rings is 1. The quantitative estimate of drug-likeness (QED) is 0.752. The minimum atomic E-state index is -4.43. The maximum atomic E-state index is 13.8. The van der Waals surface area contributed by atoms with Crippen molar-refractivity contribution in [3.63, 3.8) is 0 Å². The number of hydrogen-bond acceptors (Lipinski definition) is 5. The third-order valence-electron chi connectivity index (χ3n) is 2.87. The molecule has 0 spiro atoms. The Balaban J connectivity index is 3.38. The zero-order chi connectivity index (χ0) is 17.1. The van der Waals surface area contributed by atoms with Gasteiger partial charge in [-0.3, -0.25) is 4.79 Å². The summed E-state index contributed by atoms with van der Waals surface area (Å²) in [6, 6.07) is 1.58. The number of aliphatic carboxylic acids is 1. The van der Waals surface area contributed by atoms with Gasteiger partial charge in [0.15, 0.2) is 0 Å². The van der Waals surface area contributed by atoms with Gasteiger partial charge in [-0.05, 0) is 18.1 Å².